The Morgan fingerprint density at radius 1 is 0.769 bits per heavy atom. The van der Waals surface area contributed by atoms with Gasteiger partial charge in [-0.25, -0.2) is 0 Å². The Labute approximate surface area is 161 Å². The molecular weight excluding hydrogens is 328 g/mol. The summed E-state index contributed by atoms with van der Waals surface area (Å²) in [4.78, 5) is 20.1. The molecule has 0 aromatic heterocycles. The number of carbonyl (C=O) groups is 2. The molecule has 0 radical (unpaired) electrons. The maximum Gasteiger partial charge on any atom is 0.305 e. The van der Waals surface area contributed by atoms with Gasteiger partial charge < -0.3 is 9.84 Å². The van der Waals surface area contributed by atoms with Crippen LogP contribution in [0.2, 0.25) is 0 Å². The van der Waals surface area contributed by atoms with Crippen molar-refractivity contribution < 1.29 is 19.4 Å². The zero-order valence-electron chi connectivity index (χ0n) is 17.4. The van der Waals surface area contributed by atoms with Gasteiger partial charge in [0.2, 0.25) is 0 Å². The van der Waals surface area contributed by atoms with Gasteiger partial charge in [0.15, 0.2) is 0 Å². The molecule has 26 heavy (non-hydrogen) atoms. The van der Waals surface area contributed by atoms with E-state index < -0.39 is 5.97 Å². The Hall–Kier alpha value is -1.32. The summed E-state index contributed by atoms with van der Waals surface area (Å²) < 4.78 is 4.91. The van der Waals surface area contributed by atoms with Crippen LogP contribution >= 0.6 is 0 Å². The fourth-order valence-electron chi connectivity index (χ4n) is 2.57. The molecule has 0 aliphatic rings. The molecule has 0 saturated heterocycles. The number of carbonyl (C=O) groups excluding carboxylic acids is 1. The molecular formula is C22H42O4. The first-order valence-corrected chi connectivity index (χ1v) is 10.5. The number of esters is 1. The summed E-state index contributed by atoms with van der Waals surface area (Å²) in [5.41, 5.74) is 0. The number of hydrogen-bond donors (Lipinski definition) is 1. The summed E-state index contributed by atoms with van der Waals surface area (Å²) in [6, 6.07) is 0. The quantitative estimate of drug-likeness (QED) is 0.187. The summed E-state index contributed by atoms with van der Waals surface area (Å²) in [5, 5.41) is 7.42. The predicted octanol–water partition coefficient (Wildman–Crippen LogP) is 6.68. The van der Waals surface area contributed by atoms with E-state index in [-0.39, 0.29) is 5.97 Å². The molecule has 0 aliphatic heterocycles. The first kappa shape index (κ1) is 26.9. The number of ether oxygens (including phenoxy) is 1. The Kier molecular flexibility index (Phi) is 24.5. The number of aliphatic carboxylic acids is 1. The van der Waals surface area contributed by atoms with E-state index in [0.29, 0.717) is 13.0 Å². The zero-order chi connectivity index (χ0) is 19.9. The molecule has 0 aromatic rings. The minimum absolute atomic E-state index is 0.0415. The average Bonchev–Trinajstić information content (AvgIpc) is 2.58. The van der Waals surface area contributed by atoms with Crippen molar-refractivity contribution in [1.82, 2.24) is 0 Å². The van der Waals surface area contributed by atoms with Crippen molar-refractivity contribution in [2.75, 3.05) is 6.61 Å². The van der Waals surface area contributed by atoms with Gasteiger partial charge >= 0.3 is 5.97 Å². The fourth-order valence-corrected chi connectivity index (χ4v) is 2.57. The van der Waals surface area contributed by atoms with E-state index in [0.717, 1.165) is 19.8 Å². The summed E-state index contributed by atoms with van der Waals surface area (Å²) >= 11 is 0. The molecule has 154 valence electrons. The van der Waals surface area contributed by atoms with Crippen molar-refractivity contribution in [3.05, 3.63) is 12.2 Å². The van der Waals surface area contributed by atoms with Gasteiger partial charge in [0.05, 0.1) is 6.61 Å². The maximum atomic E-state index is 11.1. The van der Waals surface area contributed by atoms with Gasteiger partial charge in [0.1, 0.15) is 0 Å². The molecule has 0 spiro atoms. The molecule has 0 amide bonds. The van der Waals surface area contributed by atoms with E-state index in [9.17, 15) is 4.79 Å². The minimum Gasteiger partial charge on any atom is -0.481 e. The summed E-state index contributed by atoms with van der Waals surface area (Å²) in [6.07, 6.45) is 22.0. The van der Waals surface area contributed by atoms with Crippen LogP contribution in [0.1, 0.15) is 111 Å². The molecule has 0 unspecified atom stereocenters. The van der Waals surface area contributed by atoms with Crippen LogP contribution < -0.4 is 0 Å². The standard InChI is InChI=1S/C20H38O2.C2H4O2/c1-3-5-6-7-8-9-10-11-12-13-14-15-16-17-18-19-20(21)22-4-2;1-2(3)4/h11-12H,3-10,13-19H2,1-2H3;1H3,(H,3,4)/b12-11-;. The molecule has 0 saturated carbocycles. The van der Waals surface area contributed by atoms with Gasteiger partial charge in [0.25, 0.3) is 5.97 Å². The van der Waals surface area contributed by atoms with E-state index in [1.807, 2.05) is 6.92 Å². The highest BCUT2D eigenvalue weighted by molar-refractivity contribution is 5.69. The van der Waals surface area contributed by atoms with Crippen LogP contribution in [-0.2, 0) is 14.3 Å². The number of carboxylic acids is 1. The Morgan fingerprint density at radius 3 is 1.65 bits per heavy atom. The van der Waals surface area contributed by atoms with Gasteiger partial charge in [-0.1, -0.05) is 70.4 Å². The van der Waals surface area contributed by atoms with Gasteiger partial charge in [-0.2, -0.15) is 0 Å². The smallest absolute Gasteiger partial charge is 0.305 e. The number of rotatable bonds is 16. The van der Waals surface area contributed by atoms with Crippen LogP contribution in [0.5, 0.6) is 0 Å². The lowest BCUT2D eigenvalue weighted by Crippen LogP contribution is -2.03. The third kappa shape index (κ3) is 30.5. The fraction of sp³-hybridized carbons (Fsp3) is 0.818. The van der Waals surface area contributed by atoms with Gasteiger partial charge in [0, 0.05) is 13.3 Å². The van der Waals surface area contributed by atoms with Crippen molar-refractivity contribution in [2.45, 2.75) is 111 Å². The zero-order valence-corrected chi connectivity index (χ0v) is 17.4. The topological polar surface area (TPSA) is 63.6 Å². The van der Waals surface area contributed by atoms with Crippen LogP contribution in [0.3, 0.4) is 0 Å². The molecule has 0 rings (SSSR count). The summed E-state index contributed by atoms with van der Waals surface area (Å²) in [6.45, 7) is 5.71. The van der Waals surface area contributed by atoms with Crippen LogP contribution in [0, 0.1) is 0 Å². The van der Waals surface area contributed by atoms with Crippen LogP contribution in [0.4, 0.5) is 0 Å². The highest BCUT2D eigenvalue weighted by Crippen LogP contribution is 2.10. The first-order valence-electron chi connectivity index (χ1n) is 10.5. The molecule has 0 aromatic carbocycles. The SMILES string of the molecule is CC(=O)O.CCCCCCCC/C=C\CCCCCCCC(=O)OCC. The summed E-state index contributed by atoms with van der Waals surface area (Å²) in [5.74, 6) is -0.875. The molecule has 0 fully saturated rings. The monoisotopic (exact) mass is 370 g/mol. The Balaban J connectivity index is 0. The number of unbranched alkanes of at least 4 members (excludes halogenated alkanes) is 11. The van der Waals surface area contributed by atoms with Crippen LogP contribution in [0.25, 0.3) is 0 Å². The largest absolute Gasteiger partial charge is 0.481 e. The van der Waals surface area contributed by atoms with E-state index in [2.05, 4.69) is 19.1 Å². The number of allylic oxidation sites excluding steroid dienone is 2. The van der Waals surface area contributed by atoms with E-state index in [4.69, 9.17) is 14.6 Å². The molecule has 0 aliphatic carbocycles. The third-order valence-corrected chi connectivity index (χ3v) is 3.95. The summed E-state index contributed by atoms with van der Waals surface area (Å²) in [7, 11) is 0. The second-order valence-electron chi connectivity index (χ2n) is 6.66. The van der Waals surface area contributed by atoms with Crippen molar-refractivity contribution >= 4 is 11.9 Å². The first-order chi connectivity index (χ1) is 12.5. The molecule has 0 atom stereocenters. The molecule has 4 nitrogen and oxygen atoms in total. The highest BCUT2D eigenvalue weighted by atomic mass is 16.5. The normalized spacial score (nSPS) is 10.4. The van der Waals surface area contributed by atoms with Gasteiger partial charge in [-0.15, -0.1) is 0 Å². The third-order valence-electron chi connectivity index (χ3n) is 3.95. The van der Waals surface area contributed by atoms with Crippen molar-refractivity contribution in [3.8, 4) is 0 Å². The highest BCUT2D eigenvalue weighted by Gasteiger charge is 2.00. The molecule has 0 heterocycles. The number of hydrogen-bond acceptors (Lipinski definition) is 3. The average molecular weight is 371 g/mol. The molecule has 4 heteroatoms. The van der Waals surface area contributed by atoms with Gasteiger partial charge in [-0.05, 0) is 39.0 Å². The van der Waals surface area contributed by atoms with E-state index in [1.165, 1.54) is 70.6 Å². The van der Waals surface area contributed by atoms with Gasteiger partial charge in [-0.3, -0.25) is 9.59 Å². The number of carboxylic acid groups (broad SMARTS) is 1. The Morgan fingerprint density at radius 2 is 1.19 bits per heavy atom. The lowest BCUT2D eigenvalue weighted by atomic mass is 10.1. The van der Waals surface area contributed by atoms with E-state index in [1.54, 1.807) is 0 Å². The molecule has 0 bridgehead atoms. The lowest BCUT2D eigenvalue weighted by molar-refractivity contribution is -0.143. The second kappa shape index (κ2) is 23.7. The van der Waals surface area contributed by atoms with E-state index >= 15 is 0 Å². The van der Waals surface area contributed by atoms with Crippen molar-refractivity contribution in [1.29, 1.82) is 0 Å². The van der Waals surface area contributed by atoms with Crippen LogP contribution in [-0.4, -0.2) is 23.7 Å². The lowest BCUT2D eigenvalue weighted by Gasteiger charge is -2.01. The predicted molar refractivity (Wildman–Crippen MR) is 109 cm³/mol. The van der Waals surface area contributed by atoms with Crippen molar-refractivity contribution in [2.24, 2.45) is 0 Å². The second-order valence-corrected chi connectivity index (χ2v) is 6.66. The van der Waals surface area contributed by atoms with Crippen molar-refractivity contribution in [3.63, 3.8) is 0 Å². The maximum absolute atomic E-state index is 11.1. The Bertz CT molecular complexity index is 333. The molecule has 1 N–H and O–H groups in total. The van der Waals surface area contributed by atoms with Crippen LogP contribution in [0.15, 0.2) is 12.2 Å². The minimum atomic E-state index is -0.833.